The van der Waals surface area contributed by atoms with Crippen LogP contribution in [0.2, 0.25) is 0 Å². The van der Waals surface area contributed by atoms with E-state index in [1.54, 1.807) is 50.3 Å². The van der Waals surface area contributed by atoms with Gasteiger partial charge in [0.1, 0.15) is 42.1 Å². The summed E-state index contributed by atoms with van der Waals surface area (Å²) in [7, 11) is 0. The summed E-state index contributed by atoms with van der Waals surface area (Å²) in [5, 5.41) is 32.0. The molecule has 20 nitrogen and oxygen atoms in total. The van der Waals surface area contributed by atoms with Gasteiger partial charge in [0.25, 0.3) is 11.8 Å². The van der Waals surface area contributed by atoms with Gasteiger partial charge in [0.05, 0.1) is 71.7 Å². The SMILES string of the molecule is CC(C)(Cc1cccc([C@H](N)CC(=O)OCCOCCOCCNC(=O)/C(C#N)=C/c2ccc3cc(N4CCCCC4)ccc3c2)c1)OC(=O)N[C@H](CC(=O)OCCOCCOCCNC(=O)/C(C#N)=C/c1ccc2cc(N3CCCCC3)ccc2c1)c1ccccc1. The molecule has 8 rings (SSSR count). The quantitative estimate of drug-likeness (QED) is 0.00962. The first-order valence-corrected chi connectivity index (χ1v) is 32.1. The molecule has 2 heterocycles. The monoisotopic (exact) mass is 1270 g/mol. The van der Waals surface area contributed by atoms with Gasteiger partial charge in [0.2, 0.25) is 0 Å². The van der Waals surface area contributed by atoms with Crippen LogP contribution in [0.4, 0.5) is 16.2 Å². The zero-order chi connectivity index (χ0) is 65.6. The molecule has 2 aliphatic rings. The predicted molar refractivity (Wildman–Crippen MR) is 358 cm³/mol. The number of fused-ring (bicyclic) bond motifs is 2. The van der Waals surface area contributed by atoms with Crippen molar-refractivity contribution in [1.82, 2.24) is 16.0 Å². The van der Waals surface area contributed by atoms with Gasteiger partial charge >= 0.3 is 18.0 Å². The summed E-state index contributed by atoms with van der Waals surface area (Å²) in [6.07, 6.45) is 9.84. The summed E-state index contributed by atoms with van der Waals surface area (Å²) in [5.41, 5.74) is 11.6. The van der Waals surface area contributed by atoms with Gasteiger partial charge in [-0.2, -0.15) is 10.5 Å². The highest BCUT2D eigenvalue weighted by molar-refractivity contribution is 6.03. The maximum Gasteiger partial charge on any atom is 0.408 e. The van der Waals surface area contributed by atoms with Gasteiger partial charge in [0, 0.05) is 63.1 Å². The lowest BCUT2D eigenvalue weighted by Gasteiger charge is -2.29. The van der Waals surface area contributed by atoms with E-state index in [4.69, 9.17) is 38.9 Å². The third kappa shape index (κ3) is 23.2. The van der Waals surface area contributed by atoms with Crippen molar-refractivity contribution in [2.75, 3.05) is 115 Å². The summed E-state index contributed by atoms with van der Waals surface area (Å²) in [6.45, 7) is 9.73. The molecule has 20 heteroatoms. The average Bonchev–Trinajstić information content (AvgIpc) is 1.05. The van der Waals surface area contributed by atoms with Gasteiger partial charge in [-0.3, -0.25) is 19.2 Å². The third-order valence-corrected chi connectivity index (χ3v) is 15.9. The Morgan fingerprint density at radius 3 is 1.48 bits per heavy atom. The Morgan fingerprint density at radius 2 is 0.978 bits per heavy atom. The minimum Gasteiger partial charge on any atom is -0.463 e. The summed E-state index contributed by atoms with van der Waals surface area (Å²) in [4.78, 5) is 69.7. The Morgan fingerprint density at radius 1 is 0.527 bits per heavy atom. The number of rotatable bonds is 34. The predicted octanol–water partition coefficient (Wildman–Crippen LogP) is 10.1. The van der Waals surface area contributed by atoms with Crippen molar-refractivity contribution < 1.29 is 57.1 Å². The molecule has 490 valence electrons. The Bertz CT molecular complexity index is 3610. The van der Waals surface area contributed by atoms with Gasteiger partial charge in [-0.05, 0) is 150 Å². The van der Waals surface area contributed by atoms with E-state index in [0.717, 1.165) is 64.4 Å². The molecule has 0 aromatic heterocycles. The van der Waals surface area contributed by atoms with Crippen LogP contribution >= 0.6 is 0 Å². The van der Waals surface area contributed by atoms with Crippen molar-refractivity contribution in [1.29, 1.82) is 10.5 Å². The molecule has 0 bridgehead atoms. The molecule has 0 aliphatic carbocycles. The lowest BCUT2D eigenvalue weighted by Crippen LogP contribution is -2.38. The van der Waals surface area contributed by atoms with Gasteiger partial charge in [-0.25, -0.2) is 4.79 Å². The molecule has 6 aromatic rings. The number of alkyl carbamates (subject to hydrolysis) is 1. The molecule has 2 atom stereocenters. The third-order valence-electron chi connectivity index (χ3n) is 15.9. The fourth-order valence-corrected chi connectivity index (χ4v) is 11.2. The van der Waals surface area contributed by atoms with Crippen molar-refractivity contribution in [2.24, 2.45) is 5.73 Å². The van der Waals surface area contributed by atoms with Crippen LogP contribution in [0.25, 0.3) is 33.7 Å². The molecule has 5 N–H and O–H groups in total. The molecule has 2 aliphatic heterocycles. The highest BCUT2D eigenvalue weighted by atomic mass is 16.6. The minimum absolute atomic E-state index is 0.00335. The number of ether oxygens (including phenoxy) is 7. The summed E-state index contributed by atoms with van der Waals surface area (Å²) in [5.74, 6) is -2.04. The van der Waals surface area contributed by atoms with E-state index in [0.29, 0.717) is 17.5 Å². The Hall–Kier alpha value is -9.15. The van der Waals surface area contributed by atoms with Crippen LogP contribution in [0.5, 0.6) is 0 Å². The maximum atomic E-state index is 13.4. The molecular weight excluding hydrogens is 1180 g/mol. The molecule has 0 saturated carbocycles. The van der Waals surface area contributed by atoms with Crippen LogP contribution < -0.4 is 31.5 Å². The van der Waals surface area contributed by atoms with Crippen LogP contribution in [0, 0.1) is 22.7 Å². The fourth-order valence-electron chi connectivity index (χ4n) is 11.2. The average molecular weight is 1270 g/mol. The second-order valence-corrected chi connectivity index (χ2v) is 23.6. The van der Waals surface area contributed by atoms with E-state index >= 15 is 0 Å². The molecule has 3 amide bonds. The second kappa shape index (κ2) is 36.8. The number of anilines is 2. The summed E-state index contributed by atoms with van der Waals surface area (Å²) in [6, 6.07) is 43.6. The molecule has 93 heavy (non-hydrogen) atoms. The Balaban J connectivity index is 0.653. The van der Waals surface area contributed by atoms with E-state index in [2.05, 4.69) is 62.1 Å². The normalized spacial score (nSPS) is 14.3. The zero-order valence-corrected chi connectivity index (χ0v) is 53.4. The number of esters is 2. The Labute approximate surface area is 544 Å². The molecule has 6 aromatic carbocycles. The smallest absolute Gasteiger partial charge is 0.408 e. The number of nitriles is 2. The minimum atomic E-state index is -1.00. The second-order valence-electron chi connectivity index (χ2n) is 23.6. The van der Waals surface area contributed by atoms with Crippen LogP contribution in [0.3, 0.4) is 0 Å². The van der Waals surface area contributed by atoms with Crippen molar-refractivity contribution in [3.05, 3.63) is 166 Å². The topological polar surface area (TPSA) is 266 Å². The molecule has 0 spiro atoms. The van der Waals surface area contributed by atoms with Crippen molar-refractivity contribution in [3.8, 4) is 12.1 Å². The number of carbonyl (C=O) groups is 5. The lowest BCUT2D eigenvalue weighted by molar-refractivity contribution is -0.146. The molecule has 2 fully saturated rings. The van der Waals surface area contributed by atoms with E-state index in [1.165, 1.54) is 49.9 Å². The zero-order valence-electron chi connectivity index (χ0n) is 53.4. The summed E-state index contributed by atoms with van der Waals surface area (Å²) < 4.78 is 39.0. The number of piperidine rings is 2. The lowest BCUT2D eigenvalue weighted by atomic mass is 9.95. The summed E-state index contributed by atoms with van der Waals surface area (Å²) >= 11 is 0. The van der Waals surface area contributed by atoms with Crippen molar-refractivity contribution >= 4 is 74.9 Å². The van der Waals surface area contributed by atoms with Crippen LogP contribution in [0.1, 0.15) is 105 Å². The molecule has 0 radical (unpaired) electrons. The number of amides is 3. The van der Waals surface area contributed by atoms with Gasteiger partial charge < -0.3 is 64.6 Å². The largest absolute Gasteiger partial charge is 0.463 e. The number of nitrogens with zero attached hydrogens (tertiary/aromatic N) is 4. The van der Waals surface area contributed by atoms with Gasteiger partial charge in [0.15, 0.2) is 0 Å². The van der Waals surface area contributed by atoms with E-state index < -0.39 is 47.5 Å². The fraction of sp³-hybridized carbons (Fsp3) is 0.411. The number of benzene rings is 6. The highest BCUT2D eigenvalue weighted by Gasteiger charge is 2.28. The first-order valence-electron chi connectivity index (χ1n) is 32.1. The number of hydrogen-bond acceptors (Lipinski definition) is 17. The number of nitrogens with one attached hydrogen (secondary N) is 3. The standard InChI is InChI=1S/C73H86N8O12/c1-73(2,50-55-13-12-16-61(45-55)66(76)48-68(82)91-39-37-89-35-33-87-31-25-77-70(84)62(51-74)43-53-17-19-59-46-64(23-21-57(59)41-53)80-27-8-4-9-28-80)93-72(86)79-67(56-14-6-3-7-15-56)49-69(83)92-40-38-90-36-34-88-32-26-78-71(85)63(52-75)44-54-18-20-60-47-65(24-22-58(60)42-54)81-29-10-5-11-30-81/h3,6-7,12-24,41-47,66-67H,4-5,8-11,25-40,48-50,76H2,1-2H3,(H,77,84)(H,78,85)(H,79,86)/b62-43+,63-44+/t66-,67-/m1/s1. The van der Waals surface area contributed by atoms with Crippen molar-refractivity contribution in [2.45, 2.75) is 89.3 Å². The van der Waals surface area contributed by atoms with Crippen LogP contribution in [-0.2, 0) is 58.8 Å². The van der Waals surface area contributed by atoms with Gasteiger partial charge in [-0.1, -0.05) is 91.0 Å². The first-order chi connectivity index (χ1) is 45.2. The van der Waals surface area contributed by atoms with Gasteiger partial charge in [-0.15, -0.1) is 0 Å². The number of hydrogen-bond donors (Lipinski definition) is 4. The van der Waals surface area contributed by atoms with E-state index in [9.17, 15) is 34.5 Å². The maximum absolute atomic E-state index is 13.4. The highest BCUT2D eigenvalue weighted by Crippen LogP contribution is 2.29. The van der Waals surface area contributed by atoms with E-state index in [1.807, 2.05) is 78.9 Å². The Kier molecular flexibility index (Phi) is 27.6. The first kappa shape index (κ1) is 69.7. The van der Waals surface area contributed by atoms with Crippen LogP contribution in [0.15, 0.2) is 139 Å². The van der Waals surface area contributed by atoms with Crippen molar-refractivity contribution in [3.63, 3.8) is 0 Å². The van der Waals surface area contributed by atoms with Crippen LogP contribution in [-0.4, -0.2) is 141 Å². The molecule has 2 saturated heterocycles. The van der Waals surface area contributed by atoms with E-state index in [-0.39, 0.29) is 103 Å². The molecule has 0 unspecified atom stereocenters. The number of nitrogens with two attached hydrogens (primary N) is 1. The number of carbonyl (C=O) groups excluding carboxylic acids is 5. The molecular formula is C73H86N8O12.